The number of piperidine rings is 1. The number of nitrogens with zero attached hydrogens (tertiary/aromatic N) is 2. The van der Waals surface area contributed by atoms with Crippen LogP contribution in [0.2, 0.25) is 0 Å². The van der Waals surface area contributed by atoms with Crippen molar-refractivity contribution in [2.75, 3.05) is 33.2 Å². The number of carbonyl (C=O) groups excluding carboxylic acids is 1. The summed E-state index contributed by atoms with van der Waals surface area (Å²) in [5, 5.41) is 4.38. The van der Waals surface area contributed by atoms with Gasteiger partial charge in [-0.1, -0.05) is 18.2 Å². The summed E-state index contributed by atoms with van der Waals surface area (Å²) >= 11 is 0. The van der Waals surface area contributed by atoms with E-state index in [4.69, 9.17) is 0 Å². The Hall–Kier alpha value is -1.85. The normalized spacial score (nSPS) is 22.6. The number of aromatic nitrogens is 1. The van der Waals surface area contributed by atoms with Gasteiger partial charge in [-0.2, -0.15) is 0 Å². The standard InChI is InChI=1S/C19H26N4O/c1-22-10-4-9-20-18(24)19(22)7-11-23(12-8-19)14-16-13-15-5-2-3-6-17(15)21-16/h2-3,5-6,13,21H,4,7-12,14H2,1H3,(H,20,24). The molecule has 128 valence electrons. The first-order valence-electron chi connectivity index (χ1n) is 8.96. The molecule has 2 N–H and O–H groups in total. The molecule has 5 heteroatoms. The minimum atomic E-state index is -0.298. The maximum absolute atomic E-state index is 12.6. The number of para-hydroxylation sites is 1. The summed E-state index contributed by atoms with van der Waals surface area (Å²) in [6.07, 6.45) is 2.87. The van der Waals surface area contributed by atoms with Crippen molar-refractivity contribution < 1.29 is 4.79 Å². The highest BCUT2D eigenvalue weighted by molar-refractivity contribution is 5.86. The Morgan fingerprint density at radius 1 is 1.17 bits per heavy atom. The zero-order chi connectivity index (χ0) is 16.6. The molecule has 2 fully saturated rings. The summed E-state index contributed by atoms with van der Waals surface area (Å²) < 4.78 is 0. The van der Waals surface area contributed by atoms with Crippen LogP contribution in [0.1, 0.15) is 25.0 Å². The van der Waals surface area contributed by atoms with E-state index in [-0.39, 0.29) is 11.4 Å². The molecule has 1 spiro atoms. The van der Waals surface area contributed by atoms with E-state index in [1.54, 1.807) is 0 Å². The molecule has 24 heavy (non-hydrogen) atoms. The average Bonchev–Trinajstić information content (AvgIpc) is 2.95. The van der Waals surface area contributed by atoms with Gasteiger partial charge in [0.1, 0.15) is 5.54 Å². The van der Waals surface area contributed by atoms with Gasteiger partial charge in [0.25, 0.3) is 0 Å². The van der Waals surface area contributed by atoms with Crippen molar-refractivity contribution in [3.8, 4) is 0 Å². The summed E-state index contributed by atoms with van der Waals surface area (Å²) in [7, 11) is 2.11. The first-order chi connectivity index (χ1) is 11.7. The number of hydrogen-bond acceptors (Lipinski definition) is 3. The van der Waals surface area contributed by atoms with Crippen molar-refractivity contribution in [1.29, 1.82) is 0 Å². The van der Waals surface area contributed by atoms with Crippen LogP contribution in [0.3, 0.4) is 0 Å². The fraction of sp³-hybridized carbons (Fsp3) is 0.526. The number of nitrogens with one attached hydrogen (secondary N) is 2. The lowest BCUT2D eigenvalue weighted by atomic mass is 9.85. The summed E-state index contributed by atoms with van der Waals surface area (Å²) in [6, 6.07) is 10.6. The smallest absolute Gasteiger partial charge is 0.240 e. The van der Waals surface area contributed by atoms with Crippen LogP contribution in [0.25, 0.3) is 10.9 Å². The number of benzene rings is 1. The van der Waals surface area contributed by atoms with Gasteiger partial charge in [0.05, 0.1) is 0 Å². The van der Waals surface area contributed by atoms with E-state index in [9.17, 15) is 4.79 Å². The van der Waals surface area contributed by atoms with Crippen LogP contribution in [-0.2, 0) is 11.3 Å². The van der Waals surface area contributed by atoms with Gasteiger partial charge in [-0.15, -0.1) is 0 Å². The Morgan fingerprint density at radius 3 is 2.75 bits per heavy atom. The van der Waals surface area contributed by atoms with E-state index in [1.807, 2.05) is 0 Å². The predicted molar refractivity (Wildman–Crippen MR) is 95.8 cm³/mol. The van der Waals surface area contributed by atoms with Crippen molar-refractivity contribution in [2.45, 2.75) is 31.3 Å². The van der Waals surface area contributed by atoms with E-state index < -0.39 is 0 Å². The van der Waals surface area contributed by atoms with Crippen LogP contribution in [0, 0.1) is 0 Å². The molecule has 0 radical (unpaired) electrons. The molecule has 3 heterocycles. The SMILES string of the molecule is CN1CCCNC(=O)C12CCN(Cc1cc3ccccc3[nH]1)CC2. The molecule has 0 atom stereocenters. The number of aromatic amines is 1. The lowest BCUT2D eigenvalue weighted by Crippen LogP contribution is -2.60. The summed E-state index contributed by atoms with van der Waals surface area (Å²) in [5.41, 5.74) is 2.16. The Morgan fingerprint density at radius 2 is 1.96 bits per heavy atom. The maximum Gasteiger partial charge on any atom is 0.240 e. The topological polar surface area (TPSA) is 51.4 Å². The quantitative estimate of drug-likeness (QED) is 0.887. The Balaban J connectivity index is 1.44. The number of rotatable bonds is 2. The number of amides is 1. The number of carbonyl (C=O) groups is 1. The molecule has 0 saturated carbocycles. The zero-order valence-electron chi connectivity index (χ0n) is 14.3. The van der Waals surface area contributed by atoms with Crippen LogP contribution in [-0.4, -0.2) is 59.5 Å². The van der Waals surface area contributed by atoms with Crippen LogP contribution >= 0.6 is 0 Å². The van der Waals surface area contributed by atoms with Crippen molar-refractivity contribution >= 4 is 16.8 Å². The number of fused-ring (bicyclic) bond motifs is 1. The number of hydrogen-bond donors (Lipinski definition) is 2. The molecule has 2 saturated heterocycles. The van der Waals surface area contributed by atoms with Crippen LogP contribution in [0.15, 0.2) is 30.3 Å². The van der Waals surface area contributed by atoms with E-state index in [0.717, 1.165) is 52.0 Å². The van der Waals surface area contributed by atoms with Gasteiger partial charge in [-0.25, -0.2) is 0 Å². The first kappa shape index (κ1) is 15.7. The Kier molecular flexibility index (Phi) is 4.06. The van der Waals surface area contributed by atoms with Gasteiger partial charge in [0, 0.05) is 43.9 Å². The summed E-state index contributed by atoms with van der Waals surface area (Å²) in [5.74, 6) is 0.229. The summed E-state index contributed by atoms with van der Waals surface area (Å²) in [6.45, 7) is 4.67. The molecule has 5 nitrogen and oxygen atoms in total. The van der Waals surface area contributed by atoms with Gasteiger partial charge in [0.15, 0.2) is 0 Å². The third-order valence-electron chi connectivity index (χ3n) is 5.77. The van der Waals surface area contributed by atoms with Crippen LogP contribution < -0.4 is 5.32 Å². The van der Waals surface area contributed by atoms with Gasteiger partial charge in [-0.05, 0) is 43.8 Å². The molecule has 1 aromatic heterocycles. The third-order valence-corrected chi connectivity index (χ3v) is 5.77. The van der Waals surface area contributed by atoms with Gasteiger partial charge in [-0.3, -0.25) is 14.6 Å². The number of H-pyrrole nitrogens is 1. The predicted octanol–water partition coefficient (Wildman–Crippen LogP) is 1.95. The average molecular weight is 326 g/mol. The molecule has 4 rings (SSSR count). The molecule has 1 amide bonds. The maximum atomic E-state index is 12.6. The minimum absolute atomic E-state index is 0.229. The fourth-order valence-corrected chi connectivity index (χ4v) is 4.22. The van der Waals surface area contributed by atoms with Crippen molar-refractivity contribution in [2.24, 2.45) is 0 Å². The zero-order valence-corrected chi connectivity index (χ0v) is 14.3. The molecule has 2 aliphatic rings. The first-order valence-corrected chi connectivity index (χ1v) is 8.96. The minimum Gasteiger partial charge on any atom is -0.357 e. The fourth-order valence-electron chi connectivity index (χ4n) is 4.22. The second kappa shape index (κ2) is 6.22. The molecule has 0 aliphatic carbocycles. The summed E-state index contributed by atoms with van der Waals surface area (Å²) in [4.78, 5) is 20.9. The molecule has 1 aromatic carbocycles. The molecule has 2 aliphatic heterocycles. The second-order valence-corrected chi connectivity index (χ2v) is 7.22. The monoisotopic (exact) mass is 326 g/mol. The molecule has 0 unspecified atom stereocenters. The molecule has 0 bridgehead atoms. The molecular weight excluding hydrogens is 300 g/mol. The van der Waals surface area contributed by atoms with Crippen LogP contribution in [0.5, 0.6) is 0 Å². The highest BCUT2D eigenvalue weighted by atomic mass is 16.2. The Bertz CT molecular complexity index is 697. The lowest BCUT2D eigenvalue weighted by molar-refractivity contribution is -0.134. The van der Waals surface area contributed by atoms with Gasteiger partial charge >= 0.3 is 0 Å². The van der Waals surface area contributed by atoms with Crippen molar-refractivity contribution in [1.82, 2.24) is 20.1 Å². The van der Waals surface area contributed by atoms with Crippen LogP contribution in [0.4, 0.5) is 0 Å². The number of likely N-dealkylation sites (tertiary alicyclic amines) is 1. The third kappa shape index (κ3) is 2.72. The van der Waals surface area contributed by atoms with Crippen molar-refractivity contribution in [3.63, 3.8) is 0 Å². The largest absolute Gasteiger partial charge is 0.357 e. The Labute approximate surface area is 143 Å². The number of likely N-dealkylation sites (N-methyl/N-ethyl adjacent to an activating group) is 1. The van der Waals surface area contributed by atoms with E-state index >= 15 is 0 Å². The van der Waals surface area contributed by atoms with E-state index in [2.05, 4.69) is 57.5 Å². The molecule has 2 aromatic rings. The second-order valence-electron chi connectivity index (χ2n) is 7.22. The van der Waals surface area contributed by atoms with E-state index in [1.165, 1.54) is 16.6 Å². The highest BCUT2D eigenvalue weighted by Crippen LogP contribution is 2.30. The lowest BCUT2D eigenvalue weighted by Gasteiger charge is -2.44. The van der Waals surface area contributed by atoms with E-state index in [0.29, 0.717) is 0 Å². The van der Waals surface area contributed by atoms with Gasteiger partial charge in [0.2, 0.25) is 5.91 Å². The highest BCUT2D eigenvalue weighted by Gasteiger charge is 2.45. The molecular formula is C19H26N4O. The van der Waals surface area contributed by atoms with Crippen molar-refractivity contribution in [3.05, 3.63) is 36.0 Å². The van der Waals surface area contributed by atoms with Gasteiger partial charge < -0.3 is 10.3 Å².